The minimum absolute atomic E-state index is 0.0460. The van der Waals surface area contributed by atoms with Crippen molar-refractivity contribution in [3.8, 4) is 0 Å². The van der Waals surface area contributed by atoms with Gasteiger partial charge in [-0.3, -0.25) is 10.1 Å². The third-order valence-electron chi connectivity index (χ3n) is 5.05. The van der Waals surface area contributed by atoms with Gasteiger partial charge in [0.05, 0.1) is 15.5 Å². The van der Waals surface area contributed by atoms with E-state index < -0.39 is 34.0 Å². The molecule has 1 aliphatic heterocycles. The fourth-order valence-corrected chi connectivity index (χ4v) is 4.94. The predicted octanol–water partition coefficient (Wildman–Crippen LogP) is 1.59. The monoisotopic (exact) mass is 494 g/mol. The fraction of sp³-hybridized carbons (Fsp3) is 0.286. The fourth-order valence-electron chi connectivity index (χ4n) is 3.30. The van der Waals surface area contributed by atoms with Gasteiger partial charge in [-0.05, 0) is 37.3 Å². The molecule has 1 fully saturated rings. The third kappa shape index (κ3) is 5.81. The van der Waals surface area contributed by atoms with Gasteiger partial charge < -0.3 is 15.4 Å². The van der Waals surface area contributed by atoms with Crippen LogP contribution in [0, 0.1) is 0 Å². The number of primary amides is 1. The molecule has 1 atom stereocenters. The molecule has 1 heterocycles. The molecule has 1 saturated heterocycles. The van der Waals surface area contributed by atoms with Crippen LogP contribution in [0.15, 0.2) is 53.4 Å². The summed E-state index contributed by atoms with van der Waals surface area (Å²) in [5.41, 5.74) is 5.66. The minimum Gasteiger partial charge on any atom is -0.449 e. The Bertz CT molecular complexity index is 1150. The summed E-state index contributed by atoms with van der Waals surface area (Å²) < 4.78 is 32.7. The van der Waals surface area contributed by atoms with Crippen LogP contribution < -0.4 is 16.0 Å². The Morgan fingerprint density at radius 1 is 1.06 bits per heavy atom. The number of hydrogen-bond acceptors (Lipinski definition) is 7. The lowest BCUT2D eigenvalue weighted by molar-refractivity contribution is -0.127. The number of nitrogens with zero attached hydrogens (tertiary/aromatic N) is 2. The van der Waals surface area contributed by atoms with E-state index in [-0.39, 0.29) is 28.6 Å². The summed E-state index contributed by atoms with van der Waals surface area (Å²) in [7, 11) is -3.90. The molecule has 1 unspecified atom stereocenters. The lowest BCUT2D eigenvalue weighted by atomic mass is 10.2. The number of esters is 1. The van der Waals surface area contributed by atoms with Crippen LogP contribution in [0.2, 0.25) is 5.02 Å². The summed E-state index contributed by atoms with van der Waals surface area (Å²) in [6, 6.07) is 12.3. The molecule has 0 saturated carbocycles. The van der Waals surface area contributed by atoms with Crippen molar-refractivity contribution in [3.05, 3.63) is 59.1 Å². The van der Waals surface area contributed by atoms with Gasteiger partial charge in [-0.1, -0.05) is 29.8 Å². The van der Waals surface area contributed by atoms with E-state index in [1.54, 1.807) is 5.32 Å². The van der Waals surface area contributed by atoms with Gasteiger partial charge in [-0.15, -0.1) is 0 Å². The normalized spacial score (nSPS) is 15.5. The topological polar surface area (TPSA) is 139 Å². The number of carbonyl (C=O) groups excluding carboxylic acids is 3. The number of piperazine rings is 1. The number of imide groups is 1. The highest BCUT2D eigenvalue weighted by Crippen LogP contribution is 2.25. The number of urea groups is 1. The van der Waals surface area contributed by atoms with Crippen LogP contribution in [-0.4, -0.2) is 62.9 Å². The second kappa shape index (κ2) is 10.2. The highest BCUT2D eigenvalue weighted by molar-refractivity contribution is 7.89. The smallest absolute Gasteiger partial charge is 0.340 e. The average molecular weight is 495 g/mol. The molecule has 2 aromatic carbocycles. The number of carbonyl (C=O) groups is 3. The summed E-state index contributed by atoms with van der Waals surface area (Å²) in [4.78, 5) is 37.0. The molecule has 0 spiro atoms. The second-order valence-electron chi connectivity index (χ2n) is 7.27. The highest BCUT2D eigenvalue weighted by atomic mass is 35.5. The summed E-state index contributed by atoms with van der Waals surface area (Å²) in [6.45, 7) is 2.79. The maximum atomic E-state index is 13.2. The van der Waals surface area contributed by atoms with Crippen LogP contribution in [0.4, 0.5) is 10.5 Å². The zero-order valence-corrected chi connectivity index (χ0v) is 19.3. The summed E-state index contributed by atoms with van der Waals surface area (Å²) in [6.07, 6.45) is -1.35. The van der Waals surface area contributed by atoms with Gasteiger partial charge in [0.1, 0.15) is 0 Å². The lowest BCUT2D eigenvalue weighted by Gasteiger charge is -2.35. The zero-order valence-electron chi connectivity index (χ0n) is 17.7. The molecule has 2 aromatic rings. The predicted molar refractivity (Wildman–Crippen MR) is 121 cm³/mol. The Hall–Kier alpha value is -3.15. The van der Waals surface area contributed by atoms with E-state index in [1.807, 2.05) is 30.3 Å². The Kier molecular flexibility index (Phi) is 7.57. The standard InChI is InChI=1S/C21H23ClN4O6S/c1-14(19(27)24-21(23)29)32-20(28)17-13-16(7-8-18(17)22)33(30,31)26-11-9-25(10-12-26)15-5-3-2-4-6-15/h2-8,13-14H,9-12H2,1H3,(H3,23,24,27,29). The summed E-state index contributed by atoms with van der Waals surface area (Å²) in [5.74, 6) is -1.94. The number of halogens is 1. The SMILES string of the molecule is CC(OC(=O)c1cc(S(=O)(=O)N2CCN(c3ccccc3)CC2)ccc1Cl)C(=O)NC(N)=O. The first-order valence-corrected chi connectivity index (χ1v) is 11.8. The first-order chi connectivity index (χ1) is 15.6. The number of ether oxygens (including phenoxy) is 1. The van der Waals surface area contributed by atoms with E-state index in [0.717, 1.165) is 11.8 Å². The van der Waals surface area contributed by atoms with Crippen LogP contribution in [0.5, 0.6) is 0 Å². The number of rotatable bonds is 6. The van der Waals surface area contributed by atoms with E-state index in [2.05, 4.69) is 4.90 Å². The molecule has 1 aliphatic rings. The molecular formula is C21H23ClN4O6S. The number of amides is 3. The maximum Gasteiger partial charge on any atom is 0.340 e. The number of anilines is 1. The van der Waals surface area contributed by atoms with E-state index in [9.17, 15) is 22.8 Å². The van der Waals surface area contributed by atoms with Gasteiger partial charge >= 0.3 is 12.0 Å². The third-order valence-corrected chi connectivity index (χ3v) is 7.28. The van der Waals surface area contributed by atoms with Crippen molar-refractivity contribution in [3.63, 3.8) is 0 Å². The number of benzene rings is 2. The summed E-state index contributed by atoms with van der Waals surface area (Å²) in [5, 5.41) is 1.75. The molecule has 33 heavy (non-hydrogen) atoms. The van der Waals surface area contributed by atoms with Crippen molar-refractivity contribution in [2.45, 2.75) is 17.9 Å². The molecule has 0 aromatic heterocycles. The van der Waals surface area contributed by atoms with Gasteiger partial charge in [0.25, 0.3) is 5.91 Å². The Labute approximate surface area is 196 Å². The second-order valence-corrected chi connectivity index (χ2v) is 9.61. The van der Waals surface area contributed by atoms with Crippen LogP contribution in [0.1, 0.15) is 17.3 Å². The first kappa shape index (κ1) is 24.5. The van der Waals surface area contributed by atoms with Crippen LogP contribution in [0.25, 0.3) is 0 Å². The molecule has 10 nitrogen and oxygen atoms in total. The van der Waals surface area contributed by atoms with Crippen molar-refractivity contribution >= 4 is 45.2 Å². The van der Waals surface area contributed by atoms with E-state index in [0.29, 0.717) is 13.1 Å². The molecule has 0 aliphatic carbocycles. The van der Waals surface area contributed by atoms with Crippen molar-refractivity contribution in [1.82, 2.24) is 9.62 Å². The van der Waals surface area contributed by atoms with Crippen molar-refractivity contribution in [2.24, 2.45) is 5.73 Å². The van der Waals surface area contributed by atoms with Gasteiger partial charge in [-0.25, -0.2) is 18.0 Å². The maximum absolute atomic E-state index is 13.2. The quantitative estimate of drug-likeness (QED) is 0.581. The Balaban J connectivity index is 1.73. The number of nitrogens with two attached hydrogens (primary N) is 1. The first-order valence-electron chi connectivity index (χ1n) is 10.0. The number of nitrogens with one attached hydrogen (secondary N) is 1. The van der Waals surface area contributed by atoms with Crippen molar-refractivity contribution in [2.75, 3.05) is 31.1 Å². The molecule has 3 amide bonds. The van der Waals surface area contributed by atoms with Gasteiger partial charge in [-0.2, -0.15) is 4.31 Å². The molecular weight excluding hydrogens is 472 g/mol. The lowest BCUT2D eigenvalue weighted by Crippen LogP contribution is -2.48. The number of sulfonamides is 1. The van der Waals surface area contributed by atoms with Crippen molar-refractivity contribution < 1.29 is 27.5 Å². The van der Waals surface area contributed by atoms with E-state index in [1.165, 1.54) is 23.4 Å². The highest BCUT2D eigenvalue weighted by Gasteiger charge is 2.30. The zero-order chi connectivity index (χ0) is 24.2. The number of para-hydroxylation sites is 1. The Morgan fingerprint density at radius 2 is 1.70 bits per heavy atom. The van der Waals surface area contributed by atoms with E-state index >= 15 is 0 Å². The largest absolute Gasteiger partial charge is 0.449 e. The molecule has 0 bridgehead atoms. The molecule has 176 valence electrons. The number of hydrogen-bond donors (Lipinski definition) is 2. The Morgan fingerprint density at radius 3 is 2.30 bits per heavy atom. The van der Waals surface area contributed by atoms with Crippen LogP contribution >= 0.6 is 11.6 Å². The van der Waals surface area contributed by atoms with Gasteiger partial charge in [0.15, 0.2) is 6.10 Å². The van der Waals surface area contributed by atoms with E-state index in [4.69, 9.17) is 22.1 Å². The van der Waals surface area contributed by atoms with Crippen molar-refractivity contribution in [1.29, 1.82) is 0 Å². The molecule has 3 N–H and O–H groups in total. The van der Waals surface area contributed by atoms with Crippen LogP contribution in [0.3, 0.4) is 0 Å². The van der Waals surface area contributed by atoms with Gasteiger partial charge in [0.2, 0.25) is 10.0 Å². The molecule has 12 heteroatoms. The summed E-state index contributed by atoms with van der Waals surface area (Å²) >= 11 is 6.07. The van der Waals surface area contributed by atoms with Crippen LogP contribution in [-0.2, 0) is 19.6 Å². The van der Waals surface area contributed by atoms with Gasteiger partial charge in [0, 0.05) is 31.9 Å². The molecule has 0 radical (unpaired) electrons. The minimum atomic E-state index is -3.90. The molecule has 3 rings (SSSR count). The average Bonchev–Trinajstić information content (AvgIpc) is 2.79.